The molecule has 4 fully saturated rings. The molecule has 2 bridgehead atoms. The molecule has 258 valence electrons. The van der Waals surface area contributed by atoms with Gasteiger partial charge < -0.3 is 29.3 Å². The van der Waals surface area contributed by atoms with Crippen molar-refractivity contribution in [3.8, 4) is 5.75 Å². The normalized spacial score (nSPS) is 27.5. The summed E-state index contributed by atoms with van der Waals surface area (Å²) in [6, 6.07) is 6.13. The molecule has 0 radical (unpaired) electrons. The van der Waals surface area contributed by atoms with Gasteiger partial charge in [-0.25, -0.2) is 0 Å². The molecule has 1 N–H and O–H groups in total. The molecule has 5 rings (SSSR count). The number of benzene rings is 1. The van der Waals surface area contributed by atoms with Crippen LogP contribution in [0.25, 0.3) is 0 Å². The molecular formula is C36H52N4O6S. The highest BCUT2D eigenvalue weighted by atomic mass is 32.2. The molecule has 0 aliphatic carbocycles. The van der Waals surface area contributed by atoms with E-state index >= 15 is 0 Å². The van der Waals surface area contributed by atoms with Gasteiger partial charge in [0.1, 0.15) is 11.8 Å². The van der Waals surface area contributed by atoms with E-state index in [-0.39, 0.29) is 35.5 Å². The fourth-order valence-corrected chi connectivity index (χ4v) is 10.3. The number of likely N-dealkylation sites (tertiary alicyclic amines) is 1. The van der Waals surface area contributed by atoms with Gasteiger partial charge in [-0.05, 0) is 56.4 Å². The Balaban J connectivity index is 1.50. The van der Waals surface area contributed by atoms with Crippen molar-refractivity contribution in [3.05, 3.63) is 49.6 Å². The Kier molecular flexibility index (Phi) is 11.7. The highest BCUT2D eigenvalue weighted by Gasteiger charge is 2.74. The molecule has 0 aromatic heterocycles. The third-order valence-electron chi connectivity index (χ3n) is 10.1. The number of carbonyl (C=O) groups excluding carboxylic acids is 3. The first kappa shape index (κ1) is 35.4. The van der Waals surface area contributed by atoms with Gasteiger partial charge in [-0.2, -0.15) is 0 Å². The summed E-state index contributed by atoms with van der Waals surface area (Å²) in [7, 11) is 0. The number of ether oxygens (including phenoxy) is 2. The smallest absolute Gasteiger partial charge is 0.247 e. The second kappa shape index (κ2) is 15.6. The van der Waals surface area contributed by atoms with E-state index in [1.165, 1.54) is 0 Å². The maximum Gasteiger partial charge on any atom is 0.247 e. The Morgan fingerprint density at radius 3 is 2.47 bits per heavy atom. The van der Waals surface area contributed by atoms with Crippen molar-refractivity contribution >= 4 is 35.2 Å². The fraction of sp³-hybridized carbons (Fsp3) is 0.639. The van der Waals surface area contributed by atoms with Crippen molar-refractivity contribution in [1.82, 2.24) is 14.7 Å². The molecule has 1 aromatic carbocycles. The van der Waals surface area contributed by atoms with Gasteiger partial charge in [0, 0.05) is 50.2 Å². The molecule has 4 heterocycles. The van der Waals surface area contributed by atoms with Gasteiger partial charge in [0.25, 0.3) is 0 Å². The van der Waals surface area contributed by atoms with E-state index in [0.717, 1.165) is 25.3 Å². The highest BCUT2D eigenvalue weighted by Crippen LogP contribution is 2.67. The maximum atomic E-state index is 14.8. The monoisotopic (exact) mass is 668 g/mol. The number of fused-ring (bicyclic) bond motifs is 1. The van der Waals surface area contributed by atoms with Crippen LogP contribution in [0.15, 0.2) is 49.6 Å². The van der Waals surface area contributed by atoms with Gasteiger partial charge in [0.2, 0.25) is 17.7 Å². The van der Waals surface area contributed by atoms with Crippen LogP contribution in [0.1, 0.15) is 40.0 Å². The van der Waals surface area contributed by atoms with Crippen molar-refractivity contribution in [1.29, 1.82) is 0 Å². The minimum absolute atomic E-state index is 0.0807. The Bertz CT molecular complexity index is 1290. The van der Waals surface area contributed by atoms with Crippen LogP contribution in [-0.2, 0) is 19.1 Å². The first-order valence-electron chi connectivity index (χ1n) is 17.2. The van der Waals surface area contributed by atoms with E-state index < -0.39 is 28.7 Å². The van der Waals surface area contributed by atoms with Gasteiger partial charge in [0.05, 0.1) is 49.1 Å². The van der Waals surface area contributed by atoms with Crippen LogP contribution in [-0.4, -0.2) is 125 Å². The zero-order valence-corrected chi connectivity index (χ0v) is 29.0. The van der Waals surface area contributed by atoms with Crippen LogP contribution in [0.4, 0.5) is 5.69 Å². The summed E-state index contributed by atoms with van der Waals surface area (Å²) in [5, 5.41) is 10.6. The van der Waals surface area contributed by atoms with E-state index in [4.69, 9.17) is 9.47 Å². The van der Waals surface area contributed by atoms with Crippen LogP contribution in [0.2, 0.25) is 0 Å². The summed E-state index contributed by atoms with van der Waals surface area (Å²) in [6.45, 7) is 19.0. The predicted octanol–water partition coefficient (Wildman–Crippen LogP) is 3.45. The Morgan fingerprint density at radius 1 is 1.15 bits per heavy atom. The number of hydrogen-bond acceptors (Lipinski definition) is 8. The van der Waals surface area contributed by atoms with E-state index in [2.05, 4.69) is 31.9 Å². The molecule has 3 amide bonds. The molecule has 11 heteroatoms. The summed E-state index contributed by atoms with van der Waals surface area (Å²) in [5.74, 6) is -0.762. The van der Waals surface area contributed by atoms with E-state index in [1.807, 2.05) is 36.1 Å². The molecular weight excluding hydrogens is 616 g/mol. The van der Waals surface area contributed by atoms with Crippen LogP contribution in [0, 0.1) is 17.8 Å². The van der Waals surface area contributed by atoms with Crippen molar-refractivity contribution < 1.29 is 29.0 Å². The number of rotatable bonds is 16. The van der Waals surface area contributed by atoms with Crippen molar-refractivity contribution in [2.45, 2.75) is 62.1 Å². The zero-order chi connectivity index (χ0) is 33.7. The minimum atomic E-state index is -0.772. The average molecular weight is 669 g/mol. The van der Waals surface area contributed by atoms with E-state index in [9.17, 15) is 19.5 Å². The summed E-state index contributed by atoms with van der Waals surface area (Å²) >= 11 is 1.66. The summed E-state index contributed by atoms with van der Waals surface area (Å²) in [4.78, 5) is 51.8. The molecule has 6 atom stereocenters. The lowest BCUT2D eigenvalue weighted by Gasteiger charge is -2.40. The predicted molar refractivity (Wildman–Crippen MR) is 185 cm³/mol. The van der Waals surface area contributed by atoms with Crippen molar-refractivity contribution in [2.75, 3.05) is 70.6 Å². The Hall–Kier alpha value is -2.86. The van der Waals surface area contributed by atoms with Crippen molar-refractivity contribution in [3.63, 3.8) is 0 Å². The summed E-state index contributed by atoms with van der Waals surface area (Å²) in [6.07, 6.45) is 5.42. The Labute approximate surface area is 284 Å². The average Bonchev–Trinajstić information content (AvgIpc) is 3.72. The lowest BCUT2D eigenvalue weighted by atomic mass is 9.70. The maximum absolute atomic E-state index is 14.8. The van der Waals surface area contributed by atoms with Crippen molar-refractivity contribution in [2.24, 2.45) is 17.8 Å². The number of anilines is 1. The topological polar surface area (TPSA) is 103 Å². The molecule has 1 aromatic rings. The first-order valence-corrected chi connectivity index (χ1v) is 18.0. The molecule has 1 spiro atoms. The molecule has 47 heavy (non-hydrogen) atoms. The molecule has 4 aliphatic heterocycles. The summed E-state index contributed by atoms with van der Waals surface area (Å²) < 4.78 is 10.4. The number of morpholine rings is 1. The first-order chi connectivity index (χ1) is 22.7. The number of aliphatic hydroxyl groups excluding tert-OH is 1. The molecule has 4 saturated heterocycles. The number of aliphatic hydroxyl groups is 1. The van der Waals surface area contributed by atoms with Crippen LogP contribution in [0.3, 0.4) is 0 Å². The van der Waals surface area contributed by atoms with Crippen LogP contribution < -0.4 is 9.64 Å². The number of nitrogens with zero attached hydrogens (tertiary/aromatic N) is 4. The zero-order valence-electron chi connectivity index (χ0n) is 28.2. The lowest BCUT2D eigenvalue weighted by molar-refractivity contribution is -0.146. The second-order valence-electron chi connectivity index (χ2n) is 13.5. The largest absolute Gasteiger partial charge is 0.494 e. The number of thioether (sulfide) groups is 1. The quantitative estimate of drug-likeness (QED) is 0.268. The van der Waals surface area contributed by atoms with Gasteiger partial charge in [-0.1, -0.05) is 26.0 Å². The molecule has 10 nitrogen and oxygen atoms in total. The third kappa shape index (κ3) is 7.00. The molecule has 0 saturated carbocycles. The lowest BCUT2D eigenvalue weighted by Crippen LogP contribution is -2.58. The molecule has 4 aliphatic rings. The van der Waals surface area contributed by atoms with Crippen LogP contribution in [0.5, 0.6) is 5.75 Å². The van der Waals surface area contributed by atoms with Gasteiger partial charge in [-0.15, -0.1) is 24.9 Å². The van der Waals surface area contributed by atoms with Gasteiger partial charge in [-0.3, -0.25) is 19.3 Å². The minimum Gasteiger partial charge on any atom is -0.494 e. The van der Waals surface area contributed by atoms with Gasteiger partial charge >= 0.3 is 0 Å². The Morgan fingerprint density at radius 2 is 1.85 bits per heavy atom. The van der Waals surface area contributed by atoms with Crippen LogP contribution >= 0.6 is 11.8 Å². The number of amides is 3. The number of carbonyl (C=O) groups is 3. The van der Waals surface area contributed by atoms with E-state index in [1.54, 1.807) is 33.7 Å². The highest BCUT2D eigenvalue weighted by molar-refractivity contribution is 8.02. The standard InChI is InChI=1S/C36H52N4O6S/c1-6-15-38(18-17-37-19-21-45-22-20-37)35(44)32-36-14-13-29(47-36)30(31(36)34(43)40(32)27(24-41)23-25(4)5)33(42)39(16-7-2)26-9-11-28(12-10-26)46-8-3/h6-7,9-12,25,27,29-32,41H,1-2,8,13-24H2,3-5H3/t27-,29-,30+,31+,32?,36?/m1/s1. The van der Waals surface area contributed by atoms with Gasteiger partial charge in [0.15, 0.2) is 0 Å². The fourth-order valence-electron chi connectivity index (χ4n) is 8.09. The summed E-state index contributed by atoms with van der Waals surface area (Å²) in [5.41, 5.74) is 0.711. The van der Waals surface area contributed by atoms with E-state index in [0.29, 0.717) is 64.5 Å². The third-order valence-corrected chi connectivity index (χ3v) is 12.0. The molecule has 2 unspecified atom stereocenters. The number of hydrogen-bond donors (Lipinski definition) is 1. The second-order valence-corrected chi connectivity index (χ2v) is 15.1. The SMILES string of the molecule is C=CCN(CCN1CCOCC1)C(=O)C1N([C@@H](CO)CC(C)C)C(=O)[C@@H]2[C@@H](C(=O)N(CC=C)c3ccc(OCC)cc3)[C@H]3CCC12S3.